The summed E-state index contributed by atoms with van der Waals surface area (Å²) in [4.78, 5) is 28.2. The molecule has 0 radical (unpaired) electrons. The van der Waals surface area contributed by atoms with Crippen molar-refractivity contribution in [2.75, 3.05) is 56.0 Å². The van der Waals surface area contributed by atoms with Gasteiger partial charge in [-0.15, -0.1) is 0 Å². The number of hydrogen-bond donors (Lipinski definition) is 1. The van der Waals surface area contributed by atoms with Crippen molar-refractivity contribution in [3.63, 3.8) is 0 Å². The molecule has 29 heavy (non-hydrogen) atoms. The molecule has 1 atom stereocenters. The number of aromatic nitrogens is 2. The topological polar surface area (TPSA) is 64.6 Å². The Morgan fingerprint density at radius 3 is 2.66 bits per heavy atom. The van der Waals surface area contributed by atoms with Crippen molar-refractivity contribution in [3.05, 3.63) is 48.3 Å². The standard InChI is InChI=1S/C22H30N6O/c1-18-9-10-23-22(24-18)25-19-6-5-11-26(16-19)17-21(29)28-14-12-27(13-15-28)20-7-3-2-4-8-20/h2-4,7-10,19H,5-6,11-17H2,1H3,(H,23,24,25). The molecule has 1 N–H and O–H groups in total. The minimum atomic E-state index is 0.241. The number of benzene rings is 1. The Hall–Kier alpha value is -2.67. The molecule has 7 heteroatoms. The van der Waals surface area contributed by atoms with Crippen molar-refractivity contribution in [1.29, 1.82) is 0 Å². The summed E-state index contributed by atoms with van der Waals surface area (Å²) >= 11 is 0. The maximum absolute atomic E-state index is 12.8. The molecule has 7 nitrogen and oxygen atoms in total. The number of nitrogens with one attached hydrogen (secondary N) is 1. The van der Waals surface area contributed by atoms with E-state index >= 15 is 0 Å². The van der Waals surface area contributed by atoms with Gasteiger partial charge in [0.25, 0.3) is 0 Å². The first-order valence-corrected chi connectivity index (χ1v) is 10.5. The van der Waals surface area contributed by atoms with Gasteiger partial charge in [-0.1, -0.05) is 18.2 Å². The molecule has 1 unspecified atom stereocenters. The number of likely N-dealkylation sites (tertiary alicyclic amines) is 1. The van der Waals surface area contributed by atoms with Gasteiger partial charge in [-0.05, 0) is 44.5 Å². The summed E-state index contributed by atoms with van der Waals surface area (Å²) in [7, 11) is 0. The Kier molecular flexibility index (Phi) is 6.24. The zero-order valence-corrected chi connectivity index (χ0v) is 17.1. The van der Waals surface area contributed by atoms with E-state index in [0.29, 0.717) is 12.5 Å². The molecule has 2 aliphatic heterocycles. The normalized spacial score (nSPS) is 20.5. The van der Waals surface area contributed by atoms with Crippen LogP contribution in [0, 0.1) is 6.92 Å². The number of carbonyl (C=O) groups excluding carboxylic acids is 1. The number of anilines is 2. The molecule has 0 bridgehead atoms. The molecular formula is C22H30N6O. The zero-order chi connectivity index (χ0) is 20.1. The third-order valence-electron chi connectivity index (χ3n) is 5.75. The monoisotopic (exact) mass is 394 g/mol. The van der Waals surface area contributed by atoms with E-state index in [1.807, 2.05) is 24.0 Å². The molecule has 3 heterocycles. The number of carbonyl (C=O) groups is 1. The third kappa shape index (κ3) is 5.23. The first-order chi connectivity index (χ1) is 14.2. The van der Waals surface area contributed by atoms with Crippen LogP contribution in [0.15, 0.2) is 42.6 Å². The Morgan fingerprint density at radius 1 is 1.10 bits per heavy atom. The molecule has 0 spiro atoms. The van der Waals surface area contributed by atoms with E-state index in [9.17, 15) is 4.79 Å². The van der Waals surface area contributed by atoms with Crippen LogP contribution in [0.3, 0.4) is 0 Å². The molecule has 0 saturated carbocycles. The molecule has 0 aliphatic carbocycles. The molecule has 154 valence electrons. The van der Waals surface area contributed by atoms with Gasteiger partial charge in [0, 0.05) is 56.3 Å². The van der Waals surface area contributed by atoms with Gasteiger partial charge in [0.2, 0.25) is 11.9 Å². The van der Waals surface area contributed by atoms with Crippen molar-refractivity contribution >= 4 is 17.5 Å². The molecule has 1 aromatic heterocycles. The Labute approximate surface area is 172 Å². The van der Waals surface area contributed by atoms with Crippen LogP contribution in [0.2, 0.25) is 0 Å². The summed E-state index contributed by atoms with van der Waals surface area (Å²) in [6.07, 6.45) is 3.94. The van der Waals surface area contributed by atoms with Gasteiger partial charge in [0.1, 0.15) is 0 Å². The van der Waals surface area contributed by atoms with Gasteiger partial charge in [0.05, 0.1) is 6.54 Å². The van der Waals surface area contributed by atoms with Crippen LogP contribution in [0.4, 0.5) is 11.6 Å². The lowest BCUT2D eigenvalue weighted by atomic mass is 10.1. The van der Waals surface area contributed by atoms with Gasteiger partial charge in [-0.3, -0.25) is 9.69 Å². The van der Waals surface area contributed by atoms with E-state index in [0.717, 1.165) is 57.8 Å². The molecule has 2 fully saturated rings. The van der Waals surface area contributed by atoms with E-state index < -0.39 is 0 Å². The average molecular weight is 395 g/mol. The van der Waals surface area contributed by atoms with Gasteiger partial charge in [-0.25, -0.2) is 9.97 Å². The number of piperidine rings is 1. The molecule has 1 aromatic carbocycles. The SMILES string of the molecule is Cc1ccnc(NC2CCCN(CC(=O)N3CCN(c4ccccc4)CC3)C2)n1. The number of para-hydroxylation sites is 1. The van der Waals surface area contributed by atoms with Crippen LogP contribution in [0.5, 0.6) is 0 Å². The number of nitrogens with zero attached hydrogens (tertiary/aromatic N) is 5. The number of amides is 1. The Morgan fingerprint density at radius 2 is 1.90 bits per heavy atom. The van der Waals surface area contributed by atoms with Crippen molar-refractivity contribution in [2.45, 2.75) is 25.8 Å². The van der Waals surface area contributed by atoms with Crippen molar-refractivity contribution in [3.8, 4) is 0 Å². The fraction of sp³-hybridized carbons (Fsp3) is 0.500. The molecule has 2 saturated heterocycles. The van der Waals surface area contributed by atoms with Gasteiger partial charge in [-0.2, -0.15) is 0 Å². The highest BCUT2D eigenvalue weighted by molar-refractivity contribution is 5.78. The largest absolute Gasteiger partial charge is 0.368 e. The predicted molar refractivity (Wildman–Crippen MR) is 115 cm³/mol. The van der Waals surface area contributed by atoms with Crippen molar-refractivity contribution < 1.29 is 4.79 Å². The molecule has 2 aliphatic rings. The maximum Gasteiger partial charge on any atom is 0.236 e. The Balaban J connectivity index is 1.25. The fourth-order valence-electron chi connectivity index (χ4n) is 4.16. The molecule has 4 rings (SSSR count). The highest BCUT2D eigenvalue weighted by atomic mass is 16.2. The first-order valence-electron chi connectivity index (χ1n) is 10.5. The molecule has 2 aromatic rings. The minimum Gasteiger partial charge on any atom is -0.368 e. The lowest BCUT2D eigenvalue weighted by Crippen LogP contribution is -2.53. The summed E-state index contributed by atoms with van der Waals surface area (Å²) in [6.45, 7) is 7.67. The van der Waals surface area contributed by atoms with E-state index in [4.69, 9.17) is 0 Å². The van der Waals surface area contributed by atoms with Gasteiger partial charge < -0.3 is 15.1 Å². The number of rotatable bonds is 5. The van der Waals surface area contributed by atoms with Crippen molar-refractivity contribution in [2.24, 2.45) is 0 Å². The van der Waals surface area contributed by atoms with Gasteiger partial charge >= 0.3 is 0 Å². The van der Waals surface area contributed by atoms with Crippen LogP contribution in [0.25, 0.3) is 0 Å². The first kappa shape index (κ1) is 19.6. The highest BCUT2D eigenvalue weighted by Crippen LogP contribution is 2.17. The number of hydrogen-bond acceptors (Lipinski definition) is 6. The van der Waals surface area contributed by atoms with E-state index in [2.05, 4.69) is 49.4 Å². The third-order valence-corrected chi connectivity index (χ3v) is 5.75. The van der Waals surface area contributed by atoms with Gasteiger partial charge in [0.15, 0.2) is 0 Å². The summed E-state index contributed by atoms with van der Waals surface area (Å²) in [5.74, 6) is 0.922. The van der Waals surface area contributed by atoms with Crippen LogP contribution in [-0.2, 0) is 4.79 Å². The average Bonchev–Trinajstić information content (AvgIpc) is 2.75. The molecule has 1 amide bonds. The zero-order valence-electron chi connectivity index (χ0n) is 17.1. The summed E-state index contributed by atoms with van der Waals surface area (Å²) < 4.78 is 0. The van der Waals surface area contributed by atoms with Crippen molar-refractivity contribution in [1.82, 2.24) is 19.8 Å². The van der Waals surface area contributed by atoms with E-state index in [-0.39, 0.29) is 11.9 Å². The van der Waals surface area contributed by atoms with Crippen LogP contribution < -0.4 is 10.2 Å². The van der Waals surface area contributed by atoms with Crippen LogP contribution >= 0.6 is 0 Å². The summed E-state index contributed by atoms with van der Waals surface area (Å²) in [6, 6.07) is 12.6. The minimum absolute atomic E-state index is 0.241. The quantitative estimate of drug-likeness (QED) is 0.837. The molecular weight excluding hydrogens is 364 g/mol. The second-order valence-electron chi connectivity index (χ2n) is 7.94. The highest BCUT2D eigenvalue weighted by Gasteiger charge is 2.26. The summed E-state index contributed by atoms with van der Waals surface area (Å²) in [5, 5.41) is 3.43. The predicted octanol–water partition coefficient (Wildman–Crippen LogP) is 2.01. The second kappa shape index (κ2) is 9.22. The summed E-state index contributed by atoms with van der Waals surface area (Å²) in [5.41, 5.74) is 2.20. The smallest absolute Gasteiger partial charge is 0.236 e. The van der Waals surface area contributed by atoms with Crippen LogP contribution in [0.1, 0.15) is 18.5 Å². The number of aryl methyl sites for hydroxylation is 1. The lowest BCUT2D eigenvalue weighted by Gasteiger charge is -2.38. The fourth-order valence-corrected chi connectivity index (χ4v) is 4.16. The van der Waals surface area contributed by atoms with E-state index in [1.165, 1.54) is 5.69 Å². The maximum atomic E-state index is 12.8. The van der Waals surface area contributed by atoms with E-state index in [1.54, 1.807) is 6.20 Å². The second-order valence-corrected chi connectivity index (χ2v) is 7.94. The van der Waals surface area contributed by atoms with Crippen LogP contribution in [-0.4, -0.2) is 77.5 Å². The Bertz CT molecular complexity index is 806. The number of piperazine rings is 1. The lowest BCUT2D eigenvalue weighted by molar-refractivity contribution is -0.133.